The molecule has 2 aromatic rings. The predicted molar refractivity (Wildman–Crippen MR) is 90.2 cm³/mol. The molecule has 0 spiro atoms. The number of hydrogen-bond donors (Lipinski definition) is 2. The minimum atomic E-state index is -0.300. The van der Waals surface area contributed by atoms with E-state index in [1.54, 1.807) is 13.1 Å². The predicted octanol–water partition coefficient (Wildman–Crippen LogP) is 5.25. The molecule has 2 N–H and O–H groups in total. The smallest absolute Gasteiger partial charge is 0.257 e. The number of carbonyl (C=O) groups excluding carboxylic acids is 1. The molecule has 2 aromatic carbocycles. The summed E-state index contributed by atoms with van der Waals surface area (Å²) in [6, 6.07) is 8.55. The van der Waals surface area contributed by atoms with Crippen LogP contribution in [0.1, 0.15) is 15.9 Å². The van der Waals surface area contributed by atoms with Gasteiger partial charge in [-0.05, 0) is 36.8 Å². The zero-order chi connectivity index (χ0) is 15.6. The molecule has 0 fully saturated rings. The maximum atomic E-state index is 12.4. The van der Waals surface area contributed by atoms with Gasteiger partial charge in [-0.25, -0.2) is 0 Å². The van der Waals surface area contributed by atoms with Crippen molar-refractivity contribution >= 4 is 52.1 Å². The molecule has 0 bridgehead atoms. The zero-order valence-corrected chi connectivity index (χ0v) is 13.7. The van der Waals surface area contributed by atoms with Gasteiger partial charge in [-0.2, -0.15) is 0 Å². The molecule has 2 rings (SSSR count). The Morgan fingerprint density at radius 3 is 2.24 bits per heavy atom. The largest absolute Gasteiger partial charge is 0.387 e. The third-order valence-electron chi connectivity index (χ3n) is 2.93. The fraction of sp³-hybridized carbons (Fsp3) is 0.133. The highest BCUT2D eigenvalue weighted by Gasteiger charge is 2.15. The number of aryl methyl sites for hydroxylation is 1. The third-order valence-corrected chi connectivity index (χ3v) is 3.75. The molecule has 0 aliphatic heterocycles. The topological polar surface area (TPSA) is 41.1 Å². The van der Waals surface area contributed by atoms with E-state index in [0.717, 1.165) is 11.3 Å². The van der Waals surface area contributed by atoms with Crippen LogP contribution in [-0.4, -0.2) is 13.0 Å². The molecule has 0 aromatic heterocycles. The van der Waals surface area contributed by atoms with Crippen LogP contribution in [0.2, 0.25) is 15.1 Å². The highest BCUT2D eigenvalue weighted by molar-refractivity contribution is 6.42. The minimum absolute atomic E-state index is 0.291. The van der Waals surface area contributed by atoms with Gasteiger partial charge in [0, 0.05) is 17.8 Å². The van der Waals surface area contributed by atoms with Gasteiger partial charge in [0.2, 0.25) is 0 Å². The molecular formula is C15H13Cl3N2O. The van der Waals surface area contributed by atoms with Gasteiger partial charge in [0.1, 0.15) is 0 Å². The minimum Gasteiger partial charge on any atom is -0.387 e. The van der Waals surface area contributed by atoms with E-state index in [4.69, 9.17) is 34.8 Å². The second kappa shape index (κ2) is 6.56. The van der Waals surface area contributed by atoms with Crippen LogP contribution >= 0.6 is 34.8 Å². The molecule has 0 saturated heterocycles. The van der Waals surface area contributed by atoms with Gasteiger partial charge in [0.15, 0.2) is 0 Å². The first-order valence-electron chi connectivity index (χ1n) is 6.16. The van der Waals surface area contributed by atoms with E-state index in [2.05, 4.69) is 10.6 Å². The van der Waals surface area contributed by atoms with E-state index in [0.29, 0.717) is 26.3 Å². The van der Waals surface area contributed by atoms with E-state index in [1.165, 1.54) is 12.1 Å². The van der Waals surface area contributed by atoms with Crippen molar-refractivity contribution in [1.29, 1.82) is 0 Å². The fourth-order valence-electron chi connectivity index (χ4n) is 1.91. The highest BCUT2D eigenvalue weighted by atomic mass is 35.5. The Morgan fingerprint density at radius 1 is 1.05 bits per heavy atom. The number of benzene rings is 2. The molecule has 110 valence electrons. The van der Waals surface area contributed by atoms with Crippen molar-refractivity contribution in [2.75, 3.05) is 17.7 Å². The molecule has 0 atom stereocenters. The Morgan fingerprint density at radius 2 is 1.67 bits per heavy atom. The first kappa shape index (κ1) is 16.0. The van der Waals surface area contributed by atoms with Crippen LogP contribution in [0.15, 0.2) is 30.3 Å². The van der Waals surface area contributed by atoms with E-state index in [-0.39, 0.29) is 5.91 Å². The normalized spacial score (nSPS) is 10.3. The van der Waals surface area contributed by atoms with Gasteiger partial charge in [-0.15, -0.1) is 0 Å². The Bertz CT molecular complexity index is 678. The lowest BCUT2D eigenvalue weighted by Crippen LogP contribution is -2.14. The van der Waals surface area contributed by atoms with Crippen LogP contribution in [0.3, 0.4) is 0 Å². The van der Waals surface area contributed by atoms with Crippen LogP contribution in [0.25, 0.3) is 0 Å². The maximum absolute atomic E-state index is 12.4. The molecule has 0 aliphatic rings. The van der Waals surface area contributed by atoms with Crippen LogP contribution in [0.5, 0.6) is 0 Å². The van der Waals surface area contributed by atoms with Gasteiger partial charge in [0.05, 0.1) is 21.3 Å². The number of rotatable bonds is 3. The molecule has 0 unspecified atom stereocenters. The molecule has 0 aliphatic carbocycles. The lowest BCUT2D eigenvalue weighted by atomic mass is 10.1. The second-order valence-electron chi connectivity index (χ2n) is 4.50. The van der Waals surface area contributed by atoms with Gasteiger partial charge in [-0.3, -0.25) is 4.79 Å². The average Bonchev–Trinajstić information content (AvgIpc) is 2.42. The molecule has 21 heavy (non-hydrogen) atoms. The SMILES string of the molecule is CNc1cc(C)ccc1C(=O)Nc1c(Cl)cc(Cl)cc1Cl. The van der Waals surface area contributed by atoms with E-state index in [1.807, 2.05) is 19.1 Å². The van der Waals surface area contributed by atoms with Gasteiger partial charge in [-0.1, -0.05) is 40.9 Å². The summed E-state index contributed by atoms with van der Waals surface area (Å²) < 4.78 is 0. The Hall–Kier alpha value is -1.42. The third kappa shape index (κ3) is 3.62. The lowest BCUT2D eigenvalue weighted by molar-refractivity contribution is 0.102. The van der Waals surface area contributed by atoms with E-state index in [9.17, 15) is 4.79 Å². The molecule has 0 radical (unpaired) electrons. The van der Waals surface area contributed by atoms with Crippen molar-refractivity contribution in [1.82, 2.24) is 0 Å². The summed E-state index contributed by atoms with van der Waals surface area (Å²) in [7, 11) is 1.76. The number of hydrogen-bond acceptors (Lipinski definition) is 2. The zero-order valence-electron chi connectivity index (χ0n) is 11.4. The molecule has 1 amide bonds. The summed E-state index contributed by atoms with van der Waals surface area (Å²) in [6.07, 6.45) is 0. The van der Waals surface area contributed by atoms with Crippen LogP contribution in [-0.2, 0) is 0 Å². The van der Waals surface area contributed by atoms with Crippen molar-refractivity contribution < 1.29 is 4.79 Å². The van der Waals surface area contributed by atoms with E-state index >= 15 is 0 Å². The van der Waals surface area contributed by atoms with E-state index < -0.39 is 0 Å². The van der Waals surface area contributed by atoms with Crippen LogP contribution < -0.4 is 10.6 Å². The molecule has 0 saturated carbocycles. The quantitative estimate of drug-likeness (QED) is 0.799. The summed E-state index contributed by atoms with van der Waals surface area (Å²) in [6.45, 7) is 1.95. The molecule has 0 heterocycles. The number of carbonyl (C=O) groups is 1. The second-order valence-corrected chi connectivity index (χ2v) is 5.75. The number of anilines is 2. The summed E-state index contributed by atoms with van der Waals surface area (Å²) in [5.74, 6) is -0.300. The van der Waals surface area contributed by atoms with Crippen molar-refractivity contribution in [2.45, 2.75) is 6.92 Å². The number of nitrogens with one attached hydrogen (secondary N) is 2. The monoisotopic (exact) mass is 342 g/mol. The summed E-state index contributed by atoms with van der Waals surface area (Å²) >= 11 is 18.0. The van der Waals surface area contributed by atoms with Crippen LogP contribution in [0, 0.1) is 6.92 Å². The average molecular weight is 344 g/mol. The van der Waals surface area contributed by atoms with Gasteiger partial charge >= 0.3 is 0 Å². The Balaban J connectivity index is 2.35. The number of halogens is 3. The highest BCUT2D eigenvalue weighted by Crippen LogP contribution is 2.34. The van der Waals surface area contributed by atoms with Crippen molar-refractivity contribution in [3.8, 4) is 0 Å². The van der Waals surface area contributed by atoms with Gasteiger partial charge in [0.25, 0.3) is 5.91 Å². The molecule has 6 heteroatoms. The fourth-order valence-corrected chi connectivity index (χ4v) is 2.82. The maximum Gasteiger partial charge on any atom is 0.257 e. The van der Waals surface area contributed by atoms with Crippen molar-refractivity contribution in [2.24, 2.45) is 0 Å². The Kier molecular flexibility index (Phi) is 4.99. The molecular weight excluding hydrogens is 331 g/mol. The first-order valence-corrected chi connectivity index (χ1v) is 7.30. The summed E-state index contributed by atoms with van der Waals surface area (Å²) in [5.41, 5.74) is 2.63. The first-order chi connectivity index (χ1) is 9.92. The standard InChI is InChI=1S/C15H13Cl3N2O/c1-8-3-4-10(13(5-8)19-2)15(21)20-14-11(17)6-9(16)7-12(14)18/h3-7,19H,1-2H3,(H,20,21). The van der Waals surface area contributed by atoms with Gasteiger partial charge < -0.3 is 10.6 Å². The molecule has 3 nitrogen and oxygen atoms in total. The summed E-state index contributed by atoms with van der Waals surface area (Å²) in [5, 5.41) is 6.70. The number of amides is 1. The Labute approximate surface area is 138 Å². The lowest BCUT2D eigenvalue weighted by Gasteiger charge is -2.13. The van der Waals surface area contributed by atoms with Crippen molar-refractivity contribution in [3.05, 3.63) is 56.5 Å². The van der Waals surface area contributed by atoms with Crippen molar-refractivity contribution in [3.63, 3.8) is 0 Å². The van der Waals surface area contributed by atoms with Crippen LogP contribution in [0.4, 0.5) is 11.4 Å². The summed E-state index contributed by atoms with van der Waals surface area (Å²) in [4.78, 5) is 12.4.